The molecular weight excluding hydrogens is 352 g/mol. The molecule has 26 heavy (non-hydrogen) atoms. The van der Waals surface area contributed by atoms with Gasteiger partial charge in [0.15, 0.2) is 5.69 Å². The van der Waals surface area contributed by atoms with Crippen molar-refractivity contribution in [3.63, 3.8) is 0 Å². The minimum absolute atomic E-state index is 0.164. The lowest BCUT2D eigenvalue weighted by Gasteiger charge is -2.05. The second kappa shape index (κ2) is 7.79. The lowest BCUT2D eigenvalue weighted by molar-refractivity contribution is -0.114. The van der Waals surface area contributed by atoms with Gasteiger partial charge in [-0.1, -0.05) is 0 Å². The van der Waals surface area contributed by atoms with Crippen molar-refractivity contribution in [3.05, 3.63) is 59.6 Å². The maximum atomic E-state index is 12.3. The van der Waals surface area contributed by atoms with Crippen molar-refractivity contribution in [2.24, 2.45) is 0 Å². The van der Waals surface area contributed by atoms with Crippen LogP contribution in [0.15, 0.2) is 53.9 Å². The Bertz CT molecular complexity index is 917. The van der Waals surface area contributed by atoms with E-state index in [9.17, 15) is 9.59 Å². The van der Waals surface area contributed by atoms with Gasteiger partial charge in [-0.15, -0.1) is 11.3 Å². The van der Waals surface area contributed by atoms with Crippen LogP contribution in [-0.2, 0) is 4.79 Å². The maximum absolute atomic E-state index is 12.3. The summed E-state index contributed by atoms with van der Waals surface area (Å²) in [5.74, 6) is 0.437. The fourth-order valence-corrected chi connectivity index (χ4v) is 3.00. The Hall–Kier alpha value is -3.19. The van der Waals surface area contributed by atoms with E-state index in [4.69, 9.17) is 9.47 Å². The molecule has 7 heteroatoms. The standard InChI is InChI=1S/C19H16N2O4S/c1-12(22)20-14-5-9-16(10-6-14)25-19(23)17-11-26-18(21-17)13-3-7-15(24-2)8-4-13/h3-11H,1-2H3,(H,20,22). The number of carbonyl (C=O) groups is 2. The number of nitrogens with one attached hydrogen (secondary N) is 1. The minimum Gasteiger partial charge on any atom is -0.497 e. The van der Waals surface area contributed by atoms with Crippen LogP contribution in [0, 0.1) is 0 Å². The summed E-state index contributed by atoms with van der Waals surface area (Å²) in [5.41, 5.74) is 1.77. The Kier molecular flexibility index (Phi) is 5.28. The molecule has 1 amide bonds. The van der Waals surface area contributed by atoms with Crippen molar-refractivity contribution in [1.29, 1.82) is 0 Å². The maximum Gasteiger partial charge on any atom is 0.363 e. The molecule has 3 rings (SSSR count). The van der Waals surface area contributed by atoms with Crippen LogP contribution in [0.1, 0.15) is 17.4 Å². The Balaban J connectivity index is 1.68. The number of anilines is 1. The number of hydrogen-bond acceptors (Lipinski definition) is 6. The zero-order valence-corrected chi connectivity index (χ0v) is 15.0. The van der Waals surface area contributed by atoms with Gasteiger partial charge < -0.3 is 14.8 Å². The van der Waals surface area contributed by atoms with E-state index in [0.29, 0.717) is 11.4 Å². The molecular formula is C19H16N2O4S. The molecule has 1 aromatic heterocycles. The van der Waals surface area contributed by atoms with Gasteiger partial charge in [-0.25, -0.2) is 9.78 Å². The first kappa shape index (κ1) is 17.6. The van der Waals surface area contributed by atoms with Gasteiger partial charge in [0.1, 0.15) is 16.5 Å². The van der Waals surface area contributed by atoms with Crippen LogP contribution >= 0.6 is 11.3 Å². The highest BCUT2D eigenvalue weighted by Gasteiger charge is 2.14. The first-order valence-corrected chi connectivity index (χ1v) is 8.63. The summed E-state index contributed by atoms with van der Waals surface area (Å²) in [7, 11) is 1.61. The van der Waals surface area contributed by atoms with Crippen LogP contribution in [-0.4, -0.2) is 24.0 Å². The van der Waals surface area contributed by atoms with Gasteiger partial charge in [-0.3, -0.25) is 4.79 Å². The number of thiazole rings is 1. The number of aromatic nitrogens is 1. The number of nitrogens with zero attached hydrogens (tertiary/aromatic N) is 1. The quantitative estimate of drug-likeness (QED) is 0.544. The summed E-state index contributed by atoms with van der Waals surface area (Å²) < 4.78 is 10.4. The van der Waals surface area contributed by atoms with Crippen molar-refractivity contribution >= 4 is 28.9 Å². The van der Waals surface area contributed by atoms with Crippen molar-refractivity contribution in [2.45, 2.75) is 6.92 Å². The van der Waals surface area contributed by atoms with E-state index in [1.165, 1.54) is 18.3 Å². The number of carbonyl (C=O) groups excluding carboxylic acids is 2. The lowest BCUT2D eigenvalue weighted by atomic mass is 10.2. The molecule has 0 aliphatic carbocycles. The highest BCUT2D eigenvalue weighted by atomic mass is 32.1. The first-order valence-electron chi connectivity index (χ1n) is 7.75. The van der Waals surface area contributed by atoms with E-state index in [0.717, 1.165) is 16.3 Å². The van der Waals surface area contributed by atoms with Crippen LogP contribution in [0.25, 0.3) is 10.6 Å². The Morgan fingerprint density at radius 1 is 1.00 bits per heavy atom. The third-order valence-corrected chi connectivity index (χ3v) is 4.33. The second-order valence-corrected chi connectivity index (χ2v) is 6.22. The molecule has 0 saturated heterocycles. The Labute approximate surface area is 154 Å². The summed E-state index contributed by atoms with van der Waals surface area (Å²) in [5, 5.41) is 5.03. The van der Waals surface area contributed by atoms with Crippen LogP contribution in [0.3, 0.4) is 0 Å². The second-order valence-electron chi connectivity index (χ2n) is 5.36. The van der Waals surface area contributed by atoms with Crippen molar-refractivity contribution in [3.8, 4) is 22.1 Å². The summed E-state index contributed by atoms with van der Waals surface area (Å²) >= 11 is 1.36. The Morgan fingerprint density at radius 2 is 1.65 bits per heavy atom. The van der Waals surface area contributed by atoms with Crippen molar-refractivity contribution in [1.82, 2.24) is 4.98 Å². The minimum atomic E-state index is -0.534. The molecule has 0 atom stereocenters. The van der Waals surface area contributed by atoms with Gasteiger partial charge in [0.2, 0.25) is 5.91 Å². The molecule has 132 valence electrons. The van der Waals surface area contributed by atoms with Crippen LogP contribution in [0.2, 0.25) is 0 Å². The fourth-order valence-electron chi connectivity index (χ4n) is 2.20. The average molecular weight is 368 g/mol. The third kappa shape index (κ3) is 4.25. The lowest BCUT2D eigenvalue weighted by Crippen LogP contribution is -2.09. The molecule has 0 aliphatic rings. The molecule has 6 nitrogen and oxygen atoms in total. The number of rotatable bonds is 5. The molecule has 0 spiro atoms. The fraction of sp³-hybridized carbons (Fsp3) is 0.105. The average Bonchev–Trinajstić information content (AvgIpc) is 3.13. The number of esters is 1. The normalized spacial score (nSPS) is 10.2. The topological polar surface area (TPSA) is 77.5 Å². The van der Waals surface area contributed by atoms with Crippen molar-refractivity contribution in [2.75, 3.05) is 12.4 Å². The highest BCUT2D eigenvalue weighted by molar-refractivity contribution is 7.13. The molecule has 0 fully saturated rings. The summed E-state index contributed by atoms with van der Waals surface area (Å²) in [6.07, 6.45) is 0. The number of methoxy groups -OCH3 is 1. The summed E-state index contributed by atoms with van der Waals surface area (Å²) in [6, 6.07) is 14.0. The summed E-state index contributed by atoms with van der Waals surface area (Å²) in [4.78, 5) is 27.6. The van der Waals surface area contributed by atoms with Crippen LogP contribution < -0.4 is 14.8 Å². The summed E-state index contributed by atoms with van der Waals surface area (Å²) in [6.45, 7) is 1.43. The number of ether oxygens (including phenoxy) is 2. The SMILES string of the molecule is COc1ccc(-c2nc(C(=O)Oc3ccc(NC(C)=O)cc3)cs2)cc1. The van der Waals surface area contributed by atoms with Gasteiger partial charge in [0, 0.05) is 23.6 Å². The zero-order valence-electron chi connectivity index (χ0n) is 14.2. The number of hydrogen-bond donors (Lipinski definition) is 1. The van der Waals surface area contributed by atoms with E-state index in [2.05, 4.69) is 10.3 Å². The smallest absolute Gasteiger partial charge is 0.363 e. The molecule has 0 radical (unpaired) electrons. The first-order chi connectivity index (χ1) is 12.5. The molecule has 3 aromatic rings. The van der Waals surface area contributed by atoms with Gasteiger partial charge in [-0.05, 0) is 48.5 Å². The predicted molar refractivity (Wildman–Crippen MR) is 99.8 cm³/mol. The number of benzene rings is 2. The molecule has 0 unspecified atom stereocenters. The predicted octanol–water partition coefficient (Wildman–Crippen LogP) is 4.00. The molecule has 0 bridgehead atoms. The largest absolute Gasteiger partial charge is 0.497 e. The van der Waals surface area contributed by atoms with Crippen LogP contribution in [0.5, 0.6) is 11.5 Å². The zero-order chi connectivity index (χ0) is 18.5. The third-order valence-electron chi connectivity index (χ3n) is 3.44. The van der Waals surface area contributed by atoms with Crippen LogP contribution in [0.4, 0.5) is 5.69 Å². The van der Waals surface area contributed by atoms with E-state index >= 15 is 0 Å². The van der Waals surface area contributed by atoms with E-state index in [-0.39, 0.29) is 11.6 Å². The van der Waals surface area contributed by atoms with Gasteiger partial charge in [0.05, 0.1) is 7.11 Å². The van der Waals surface area contributed by atoms with Gasteiger partial charge in [-0.2, -0.15) is 0 Å². The van der Waals surface area contributed by atoms with E-state index in [1.54, 1.807) is 36.8 Å². The molecule has 2 aromatic carbocycles. The van der Waals surface area contributed by atoms with E-state index < -0.39 is 5.97 Å². The molecule has 0 aliphatic heterocycles. The van der Waals surface area contributed by atoms with Crippen molar-refractivity contribution < 1.29 is 19.1 Å². The van der Waals surface area contributed by atoms with E-state index in [1.807, 2.05) is 24.3 Å². The van der Waals surface area contributed by atoms with Gasteiger partial charge >= 0.3 is 5.97 Å². The monoisotopic (exact) mass is 368 g/mol. The number of amides is 1. The van der Waals surface area contributed by atoms with Gasteiger partial charge in [0.25, 0.3) is 0 Å². The molecule has 0 saturated carbocycles. The molecule has 1 heterocycles. The highest BCUT2D eigenvalue weighted by Crippen LogP contribution is 2.26. The Morgan fingerprint density at radius 3 is 2.27 bits per heavy atom. The molecule has 1 N–H and O–H groups in total.